The Labute approximate surface area is 102 Å². The number of hydrogen-bond acceptors (Lipinski definition) is 3. The highest BCUT2D eigenvalue weighted by Gasteiger charge is 2.43. The van der Waals surface area contributed by atoms with Crippen LogP contribution in [0.25, 0.3) is 0 Å². The lowest BCUT2D eigenvalue weighted by molar-refractivity contribution is -0.139. The maximum Gasteiger partial charge on any atom is 0.330 e. The second kappa shape index (κ2) is 4.40. The van der Waals surface area contributed by atoms with E-state index in [0.717, 1.165) is 6.54 Å². The first-order chi connectivity index (χ1) is 8.06. The maximum atomic E-state index is 11.5. The first-order valence-corrected chi connectivity index (χ1v) is 6.00. The summed E-state index contributed by atoms with van der Waals surface area (Å²) in [4.78, 5) is 13.6. The molecule has 0 saturated carbocycles. The van der Waals surface area contributed by atoms with Crippen molar-refractivity contribution < 1.29 is 9.53 Å². The number of esters is 1. The van der Waals surface area contributed by atoms with Gasteiger partial charge in [0, 0.05) is 5.69 Å². The Hall–Kier alpha value is -1.51. The second-order valence-electron chi connectivity index (χ2n) is 4.86. The molecule has 1 fully saturated rings. The van der Waals surface area contributed by atoms with Crippen molar-refractivity contribution in [1.82, 2.24) is 0 Å². The summed E-state index contributed by atoms with van der Waals surface area (Å²) in [6.07, 6.45) is 0. The van der Waals surface area contributed by atoms with E-state index in [9.17, 15) is 4.79 Å². The normalized spacial score (nSPS) is 18.4. The Bertz CT molecular complexity index is 440. The summed E-state index contributed by atoms with van der Waals surface area (Å²) in [5.74, 6) is 0.326. The lowest BCUT2D eigenvalue weighted by Crippen LogP contribution is -2.15. The van der Waals surface area contributed by atoms with Gasteiger partial charge in [-0.25, -0.2) is 4.79 Å². The topological polar surface area (TPSA) is 29.3 Å². The van der Waals surface area contributed by atoms with Crippen LogP contribution in [0.2, 0.25) is 0 Å². The van der Waals surface area contributed by atoms with E-state index in [0.29, 0.717) is 5.92 Å². The van der Waals surface area contributed by atoms with Crippen LogP contribution in [0.15, 0.2) is 18.2 Å². The number of carbonyl (C=O) groups excluding carboxylic acids is 1. The molecule has 2 rings (SSSR count). The lowest BCUT2D eigenvalue weighted by atomic mass is 9.98. The van der Waals surface area contributed by atoms with Gasteiger partial charge in [0.1, 0.15) is 6.04 Å². The van der Waals surface area contributed by atoms with Crippen molar-refractivity contribution in [3.63, 3.8) is 0 Å². The van der Waals surface area contributed by atoms with Gasteiger partial charge in [0.05, 0.1) is 13.7 Å². The molecule has 0 radical (unpaired) electrons. The largest absolute Gasteiger partial charge is 0.467 e. The molecule has 1 aromatic rings. The van der Waals surface area contributed by atoms with Crippen molar-refractivity contribution in [3.05, 3.63) is 29.3 Å². The zero-order chi connectivity index (χ0) is 12.6. The highest BCUT2D eigenvalue weighted by molar-refractivity contribution is 5.87. The summed E-state index contributed by atoms with van der Waals surface area (Å²) in [6.45, 7) is 7.22. The van der Waals surface area contributed by atoms with Crippen LogP contribution in [0.5, 0.6) is 0 Å². The molecule has 1 aliphatic heterocycles. The molecule has 92 valence electrons. The van der Waals surface area contributed by atoms with Crippen LogP contribution < -0.4 is 4.90 Å². The molecule has 0 aromatic heterocycles. The van der Waals surface area contributed by atoms with E-state index in [1.807, 2.05) is 0 Å². The number of nitrogens with zero attached hydrogens (tertiary/aromatic N) is 1. The Morgan fingerprint density at radius 3 is 2.76 bits per heavy atom. The van der Waals surface area contributed by atoms with Gasteiger partial charge in [-0.05, 0) is 24.0 Å². The van der Waals surface area contributed by atoms with Crippen LogP contribution in [0.1, 0.15) is 30.9 Å². The van der Waals surface area contributed by atoms with Gasteiger partial charge in [-0.2, -0.15) is 0 Å². The van der Waals surface area contributed by atoms with E-state index < -0.39 is 0 Å². The molecule has 3 nitrogen and oxygen atoms in total. The van der Waals surface area contributed by atoms with Crippen molar-refractivity contribution in [2.24, 2.45) is 0 Å². The van der Waals surface area contributed by atoms with Crippen molar-refractivity contribution >= 4 is 11.7 Å². The number of aryl methyl sites for hydroxylation is 1. The van der Waals surface area contributed by atoms with Gasteiger partial charge in [0.25, 0.3) is 0 Å². The first-order valence-electron chi connectivity index (χ1n) is 6.00. The van der Waals surface area contributed by atoms with Crippen LogP contribution in [0.4, 0.5) is 5.69 Å². The van der Waals surface area contributed by atoms with Crippen LogP contribution in [-0.2, 0) is 9.53 Å². The molecule has 0 aliphatic carbocycles. The van der Waals surface area contributed by atoms with Gasteiger partial charge in [-0.1, -0.05) is 32.0 Å². The third-order valence-electron chi connectivity index (χ3n) is 3.26. The number of rotatable bonds is 3. The van der Waals surface area contributed by atoms with Crippen molar-refractivity contribution in [3.8, 4) is 0 Å². The minimum absolute atomic E-state index is 0.0846. The Morgan fingerprint density at radius 2 is 2.18 bits per heavy atom. The predicted octanol–water partition coefficient (Wildman–Crippen LogP) is 2.48. The van der Waals surface area contributed by atoms with E-state index in [-0.39, 0.29) is 12.0 Å². The molecule has 3 heteroatoms. The monoisotopic (exact) mass is 233 g/mol. The molecule has 0 spiro atoms. The molecule has 1 aliphatic rings. The molecular weight excluding hydrogens is 214 g/mol. The molecule has 0 amide bonds. The molecule has 1 saturated heterocycles. The molecule has 1 heterocycles. The smallest absolute Gasteiger partial charge is 0.330 e. The maximum absolute atomic E-state index is 11.5. The number of benzene rings is 1. The zero-order valence-corrected chi connectivity index (χ0v) is 10.9. The standard InChI is InChI=1S/C14H19NO2/c1-9(2)11-7-5-6-10(3)13(11)15-8-12(15)14(16)17-4/h5-7,9,12H,8H2,1-4H3. The first kappa shape index (κ1) is 12.0. The highest BCUT2D eigenvalue weighted by atomic mass is 16.5. The number of anilines is 1. The number of hydrogen-bond donors (Lipinski definition) is 0. The van der Waals surface area contributed by atoms with E-state index >= 15 is 0 Å². The lowest BCUT2D eigenvalue weighted by Gasteiger charge is -2.17. The average Bonchev–Trinajstić information content (AvgIpc) is 3.07. The fourth-order valence-electron chi connectivity index (χ4n) is 2.26. The molecule has 0 bridgehead atoms. The fourth-order valence-corrected chi connectivity index (χ4v) is 2.26. The van der Waals surface area contributed by atoms with Gasteiger partial charge in [0.15, 0.2) is 0 Å². The van der Waals surface area contributed by atoms with Crippen LogP contribution in [0, 0.1) is 6.92 Å². The summed E-state index contributed by atoms with van der Waals surface area (Å²) >= 11 is 0. The third kappa shape index (κ3) is 2.14. The fraction of sp³-hybridized carbons (Fsp3) is 0.500. The number of methoxy groups -OCH3 is 1. The van der Waals surface area contributed by atoms with Crippen molar-refractivity contribution in [2.75, 3.05) is 18.6 Å². The molecule has 1 aromatic carbocycles. The van der Waals surface area contributed by atoms with Gasteiger partial charge < -0.3 is 9.64 Å². The minimum atomic E-state index is -0.136. The molecule has 1 unspecified atom stereocenters. The van der Waals surface area contributed by atoms with E-state index in [1.165, 1.54) is 23.9 Å². The van der Waals surface area contributed by atoms with Gasteiger partial charge in [0.2, 0.25) is 0 Å². The Balaban J connectivity index is 2.31. The zero-order valence-electron chi connectivity index (χ0n) is 10.9. The summed E-state index contributed by atoms with van der Waals surface area (Å²) in [6, 6.07) is 6.22. The number of ether oxygens (including phenoxy) is 1. The van der Waals surface area contributed by atoms with Crippen LogP contribution in [-0.4, -0.2) is 25.7 Å². The Morgan fingerprint density at radius 1 is 1.47 bits per heavy atom. The summed E-state index contributed by atoms with van der Waals surface area (Å²) in [5, 5.41) is 0. The van der Waals surface area contributed by atoms with E-state index in [1.54, 1.807) is 0 Å². The van der Waals surface area contributed by atoms with Gasteiger partial charge in [-0.3, -0.25) is 0 Å². The van der Waals surface area contributed by atoms with Crippen molar-refractivity contribution in [2.45, 2.75) is 32.7 Å². The van der Waals surface area contributed by atoms with Gasteiger partial charge >= 0.3 is 5.97 Å². The van der Waals surface area contributed by atoms with E-state index in [4.69, 9.17) is 4.74 Å². The number of carbonyl (C=O) groups is 1. The minimum Gasteiger partial charge on any atom is -0.467 e. The van der Waals surface area contributed by atoms with Crippen LogP contribution >= 0.6 is 0 Å². The second-order valence-corrected chi connectivity index (χ2v) is 4.86. The molecule has 17 heavy (non-hydrogen) atoms. The van der Waals surface area contributed by atoms with E-state index in [2.05, 4.69) is 43.9 Å². The molecule has 1 atom stereocenters. The Kier molecular flexibility index (Phi) is 3.09. The quantitative estimate of drug-likeness (QED) is 0.593. The summed E-state index contributed by atoms with van der Waals surface area (Å²) in [7, 11) is 1.44. The predicted molar refractivity (Wildman–Crippen MR) is 68.4 cm³/mol. The van der Waals surface area contributed by atoms with Crippen molar-refractivity contribution in [1.29, 1.82) is 0 Å². The molecular formula is C14H19NO2. The third-order valence-corrected chi connectivity index (χ3v) is 3.26. The molecule has 0 N–H and O–H groups in total. The van der Waals surface area contributed by atoms with Crippen LogP contribution in [0.3, 0.4) is 0 Å². The van der Waals surface area contributed by atoms with Gasteiger partial charge in [-0.15, -0.1) is 0 Å². The average molecular weight is 233 g/mol. The highest BCUT2D eigenvalue weighted by Crippen LogP contribution is 2.37. The number of para-hydroxylation sites is 1. The SMILES string of the molecule is COC(=O)C1CN1c1c(C)cccc1C(C)C. The summed E-state index contributed by atoms with van der Waals surface area (Å²) in [5.41, 5.74) is 3.73. The summed E-state index contributed by atoms with van der Waals surface area (Å²) < 4.78 is 4.79.